The molecule has 164 valence electrons. The maximum Gasteiger partial charge on any atom is 0.406 e. The molecule has 29 heavy (non-hydrogen) atoms. The molecule has 0 atom stereocenters. The van der Waals surface area contributed by atoms with Crippen molar-refractivity contribution in [2.75, 3.05) is 39.4 Å². The second kappa shape index (κ2) is 8.61. The van der Waals surface area contributed by atoms with Gasteiger partial charge in [0.25, 0.3) is 5.91 Å². The lowest BCUT2D eigenvalue weighted by Gasteiger charge is -2.31. The molecule has 0 N–H and O–H groups in total. The Balaban J connectivity index is 2.41. The number of benzene rings is 1. The topological polar surface area (TPSA) is 66.9 Å². The quantitative estimate of drug-likeness (QED) is 0.712. The predicted octanol–water partition coefficient (Wildman–Crippen LogP) is 3.07. The van der Waals surface area contributed by atoms with Crippen molar-refractivity contribution in [3.05, 3.63) is 29.3 Å². The zero-order chi connectivity index (χ0) is 22.0. The number of hydrogen-bond donors (Lipinski definition) is 0. The number of ether oxygens (including phenoxy) is 1. The first kappa shape index (κ1) is 23.6. The number of aryl methyl sites for hydroxylation is 1. The van der Waals surface area contributed by atoms with E-state index < -0.39 is 34.1 Å². The van der Waals surface area contributed by atoms with Gasteiger partial charge in [-0.05, 0) is 30.0 Å². The molecule has 1 aromatic rings. The van der Waals surface area contributed by atoms with Crippen LogP contribution >= 0.6 is 0 Å². The highest BCUT2D eigenvalue weighted by molar-refractivity contribution is 7.89. The molecule has 0 saturated carbocycles. The molecule has 0 radical (unpaired) electrons. The van der Waals surface area contributed by atoms with E-state index in [0.29, 0.717) is 5.56 Å². The van der Waals surface area contributed by atoms with E-state index >= 15 is 0 Å². The minimum Gasteiger partial charge on any atom is -0.379 e. The van der Waals surface area contributed by atoms with Crippen LogP contribution in [0.5, 0.6) is 0 Å². The molecule has 6 nitrogen and oxygen atoms in total. The Morgan fingerprint density at radius 2 is 1.72 bits per heavy atom. The van der Waals surface area contributed by atoms with E-state index in [1.807, 2.05) is 0 Å². The summed E-state index contributed by atoms with van der Waals surface area (Å²) in [6.07, 6.45) is -4.56. The first-order valence-corrected chi connectivity index (χ1v) is 10.7. The van der Waals surface area contributed by atoms with Crippen LogP contribution in [-0.4, -0.2) is 69.1 Å². The highest BCUT2D eigenvalue weighted by atomic mass is 32.2. The summed E-state index contributed by atoms with van der Waals surface area (Å²) in [6, 6.07) is 3.99. The number of amides is 1. The molecular weight excluding hydrogens is 409 g/mol. The van der Waals surface area contributed by atoms with Gasteiger partial charge < -0.3 is 9.64 Å². The predicted molar refractivity (Wildman–Crippen MR) is 102 cm³/mol. The number of morpholine rings is 1. The second-order valence-electron chi connectivity index (χ2n) is 8.33. The fourth-order valence-electron chi connectivity index (χ4n) is 3.09. The Hall–Kier alpha value is -1.65. The molecule has 1 aromatic carbocycles. The summed E-state index contributed by atoms with van der Waals surface area (Å²) < 4.78 is 71.3. The Kier molecular flexibility index (Phi) is 7.01. The zero-order valence-electron chi connectivity index (χ0n) is 17.0. The molecule has 0 bridgehead atoms. The van der Waals surface area contributed by atoms with Crippen molar-refractivity contribution in [1.82, 2.24) is 9.21 Å². The van der Waals surface area contributed by atoms with Gasteiger partial charge in [0, 0.05) is 25.2 Å². The monoisotopic (exact) mass is 436 g/mol. The summed E-state index contributed by atoms with van der Waals surface area (Å²) in [5.41, 5.74) is -0.198. The van der Waals surface area contributed by atoms with Crippen LogP contribution in [-0.2, 0) is 14.8 Å². The van der Waals surface area contributed by atoms with Gasteiger partial charge in [-0.15, -0.1) is 0 Å². The van der Waals surface area contributed by atoms with Crippen molar-refractivity contribution in [2.24, 2.45) is 5.41 Å². The molecule has 1 amide bonds. The summed E-state index contributed by atoms with van der Waals surface area (Å²) >= 11 is 0. The van der Waals surface area contributed by atoms with Gasteiger partial charge in [0.15, 0.2) is 0 Å². The summed E-state index contributed by atoms with van der Waals surface area (Å²) in [6.45, 7) is 6.15. The van der Waals surface area contributed by atoms with Crippen LogP contribution in [0.25, 0.3) is 0 Å². The standard InChI is InChI=1S/C19H27F3N2O4S/c1-14-5-6-15(29(26,27)24-7-9-28-10-8-24)11-16(14)17(25)23(12-18(2,3)4)13-19(20,21)22/h5-6,11H,7-10,12-13H2,1-4H3. The van der Waals surface area contributed by atoms with Gasteiger partial charge >= 0.3 is 6.18 Å². The van der Waals surface area contributed by atoms with Gasteiger partial charge in [-0.2, -0.15) is 17.5 Å². The normalized spacial score (nSPS) is 16.7. The molecule has 0 unspecified atom stereocenters. The highest BCUT2D eigenvalue weighted by Crippen LogP contribution is 2.26. The van der Waals surface area contributed by atoms with Crippen molar-refractivity contribution in [3.8, 4) is 0 Å². The average Bonchev–Trinajstić information content (AvgIpc) is 2.59. The summed E-state index contributed by atoms with van der Waals surface area (Å²) in [5, 5.41) is 0. The van der Waals surface area contributed by atoms with Gasteiger partial charge in [-0.25, -0.2) is 8.42 Å². The van der Waals surface area contributed by atoms with Crippen LogP contribution in [0, 0.1) is 12.3 Å². The SMILES string of the molecule is Cc1ccc(S(=O)(=O)N2CCOCC2)cc1C(=O)N(CC(C)(C)C)CC(F)(F)F. The third-order valence-corrected chi connectivity index (χ3v) is 6.26. The highest BCUT2D eigenvalue weighted by Gasteiger charge is 2.36. The van der Waals surface area contributed by atoms with Crippen LogP contribution < -0.4 is 0 Å². The van der Waals surface area contributed by atoms with Crippen molar-refractivity contribution in [1.29, 1.82) is 0 Å². The third-order valence-electron chi connectivity index (χ3n) is 4.37. The maximum absolute atomic E-state index is 13.1. The van der Waals surface area contributed by atoms with Crippen molar-refractivity contribution < 1.29 is 31.1 Å². The van der Waals surface area contributed by atoms with Gasteiger partial charge in [0.1, 0.15) is 6.54 Å². The summed E-state index contributed by atoms with van der Waals surface area (Å²) in [4.78, 5) is 13.6. The first-order chi connectivity index (χ1) is 13.2. The number of rotatable bonds is 5. The number of carbonyl (C=O) groups excluding carboxylic acids is 1. The molecule has 1 heterocycles. The minimum absolute atomic E-state index is 0.0483. The Morgan fingerprint density at radius 1 is 1.14 bits per heavy atom. The van der Waals surface area contributed by atoms with E-state index in [4.69, 9.17) is 4.74 Å². The van der Waals surface area contributed by atoms with Gasteiger partial charge in [-0.1, -0.05) is 26.8 Å². The Bertz CT molecular complexity index is 826. The van der Waals surface area contributed by atoms with E-state index in [-0.39, 0.29) is 43.3 Å². The number of nitrogens with zero attached hydrogens (tertiary/aromatic N) is 2. The van der Waals surface area contributed by atoms with E-state index in [1.165, 1.54) is 22.5 Å². The Labute approximate surface area is 169 Å². The average molecular weight is 436 g/mol. The lowest BCUT2D eigenvalue weighted by atomic mass is 9.95. The third kappa shape index (κ3) is 6.42. The van der Waals surface area contributed by atoms with Crippen LogP contribution in [0.1, 0.15) is 36.7 Å². The number of hydrogen-bond acceptors (Lipinski definition) is 4. The molecule has 1 aliphatic rings. The van der Waals surface area contributed by atoms with Crippen molar-refractivity contribution in [2.45, 2.75) is 38.8 Å². The molecule has 0 aromatic heterocycles. The van der Waals surface area contributed by atoms with Gasteiger partial charge in [0.05, 0.1) is 18.1 Å². The maximum atomic E-state index is 13.1. The summed E-state index contributed by atoms with van der Waals surface area (Å²) in [5.74, 6) is -0.839. The fourth-order valence-corrected chi connectivity index (χ4v) is 4.52. The molecule has 1 fully saturated rings. The second-order valence-corrected chi connectivity index (χ2v) is 10.3. The lowest BCUT2D eigenvalue weighted by Crippen LogP contribution is -2.44. The molecule has 0 aliphatic carbocycles. The molecule has 2 rings (SSSR count). The number of sulfonamides is 1. The van der Waals surface area contributed by atoms with Gasteiger partial charge in [0.2, 0.25) is 10.0 Å². The largest absolute Gasteiger partial charge is 0.406 e. The van der Waals surface area contributed by atoms with Crippen molar-refractivity contribution >= 4 is 15.9 Å². The van der Waals surface area contributed by atoms with Gasteiger partial charge in [-0.3, -0.25) is 4.79 Å². The van der Waals surface area contributed by atoms with Crippen molar-refractivity contribution in [3.63, 3.8) is 0 Å². The van der Waals surface area contributed by atoms with Crippen LogP contribution in [0.15, 0.2) is 23.1 Å². The van der Waals surface area contributed by atoms with E-state index in [0.717, 1.165) is 4.90 Å². The van der Waals surface area contributed by atoms with E-state index in [1.54, 1.807) is 27.7 Å². The lowest BCUT2D eigenvalue weighted by molar-refractivity contribution is -0.142. The van der Waals surface area contributed by atoms with E-state index in [9.17, 15) is 26.4 Å². The molecule has 0 spiro atoms. The molecule has 1 saturated heterocycles. The minimum atomic E-state index is -4.56. The van der Waals surface area contributed by atoms with Crippen LogP contribution in [0.2, 0.25) is 0 Å². The molecular formula is C19H27F3N2O4S. The zero-order valence-corrected chi connectivity index (χ0v) is 17.9. The summed E-state index contributed by atoms with van der Waals surface area (Å²) in [7, 11) is -3.87. The van der Waals surface area contributed by atoms with Crippen LogP contribution in [0.4, 0.5) is 13.2 Å². The smallest absolute Gasteiger partial charge is 0.379 e. The van der Waals surface area contributed by atoms with Crippen LogP contribution in [0.3, 0.4) is 0 Å². The molecule has 1 aliphatic heterocycles. The number of alkyl halides is 3. The Morgan fingerprint density at radius 3 is 2.24 bits per heavy atom. The first-order valence-electron chi connectivity index (χ1n) is 9.25. The number of halogens is 3. The number of carbonyl (C=O) groups is 1. The molecule has 10 heteroatoms. The fraction of sp³-hybridized carbons (Fsp3) is 0.632. The van der Waals surface area contributed by atoms with E-state index in [2.05, 4.69) is 0 Å².